The number of oxazole rings is 1. The Hall–Kier alpha value is -2.35. The fraction of sp³-hybridized carbons (Fsp3) is 0.231. The normalized spacial score (nSPS) is 14.2. The number of benzene rings is 1. The Morgan fingerprint density at radius 2 is 1.95 bits per heavy atom. The average molecular weight is 299 g/mol. The van der Waals surface area contributed by atoms with E-state index in [1.165, 1.54) is 6.07 Å². The fourth-order valence-electron chi connectivity index (χ4n) is 2.09. The molecular formula is C13H8F3NO4. The highest BCUT2D eigenvalue weighted by molar-refractivity contribution is 5.86. The second-order valence-corrected chi connectivity index (χ2v) is 4.48. The van der Waals surface area contributed by atoms with Gasteiger partial charge in [-0.25, -0.2) is 9.78 Å². The van der Waals surface area contributed by atoms with Gasteiger partial charge in [0.2, 0.25) is 11.7 Å². The largest absolute Gasteiger partial charge is 0.475 e. The topological polar surface area (TPSA) is 72.6 Å². The van der Waals surface area contributed by atoms with E-state index in [0.717, 1.165) is 11.1 Å². The first kappa shape index (κ1) is 13.6. The molecular weight excluding hydrogens is 291 g/mol. The zero-order valence-corrected chi connectivity index (χ0v) is 10.4. The number of halogens is 3. The molecule has 1 aliphatic rings. The molecule has 3 rings (SSSR count). The number of ether oxygens (including phenoxy) is 1. The van der Waals surface area contributed by atoms with Crippen LogP contribution in [0.4, 0.5) is 13.2 Å². The van der Waals surface area contributed by atoms with E-state index < -0.39 is 23.6 Å². The molecule has 0 spiro atoms. The lowest BCUT2D eigenvalue weighted by molar-refractivity contribution is -0.141. The Labute approximate surface area is 116 Å². The standard InChI is InChI=1S/C13H8F3NO4/c14-13(15,16)10-9(12(18)19)21-11(17-10)6-1-2-7-4-20-5-8(7)3-6/h1-3H,4-5H2,(H,18,19). The van der Waals surface area contributed by atoms with Crippen molar-refractivity contribution in [3.63, 3.8) is 0 Å². The molecule has 2 heterocycles. The van der Waals surface area contributed by atoms with Crippen molar-refractivity contribution < 1.29 is 32.2 Å². The number of carboxylic acid groups (broad SMARTS) is 1. The van der Waals surface area contributed by atoms with Gasteiger partial charge in [-0.15, -0.1) is 0 Å². The van der Waals surface area contributed by atoms with Crippen molar-refractivity contribution in [1.29, 1.82) is 0 Å². The van der Waals surface area contributed by atoms with Gasteiger partial charge in [0.1, 0.15) is 0 Å². The maximum atomic E-state index is 12.8. The Morgan fingerprint density at radius 3 is 2.57 bits per heavy atom. The molecule has 0 unspecified atom stereocenters. The molecule has 0 aliphatic carbocycles. The summed E-state index contributed by atoms with van der Waals surface area (Å²) in [4.78, 5) is 14.1. The summed E-state index contributed by atoms with van der Waals surface area (Å²) in [7, 11) is 0. The summed E-state index contributed by atoms with van der Waals surface area (Å²) in [5, 5.41) is 8.79. The maximum Gasteiger partial charge on any atom is 0.437 e. The van der Waals surface area contributed by atoms with Gasteiger partial charge in [-0.2, -0.15) is 13.2 Å². The van der Waals surface area contributed by atoms with Gasteiger partial charge in [-0.1, -0.05) is 6.07 Å². The molecule has 0 bridgehead atoms. The molecule has 1 N–H and O–H groups in total. The average Bonchev–Trinajstić information content (AvgIpc) is 3.03. The first-order valence-corrected chi connectivity index (χ1v) is 5.87. The van der Waals surface area contributed by atoms with Crippen LogP contribution >= 0.6 is 0 Å². The molecule has 0 saturated carbocycles. The molecule has 0 radical (unpaired) electrons. The van der Waals surface area contributed by atoms with Crippen LogP contribution in [0, 0.1) is 0 Å². The minimum absolute atomic E-state index is 0.275. The van der Waals surface area contributed by atoms with Crippen molar-refractivity contribution in [2.75, 3.05) is 0 Å². The number of carbonyl (C=O) groups is 1. The zero-order valence-electron chi connectivity index (χ0n) is 10.4. The van der Waals surface area contributed by atoms with Crippen molar-refractivity contribution in [2.45, 2.75) is 19.4 Å². The molecule has 0 atom stereocenters. The fourth-order valence-corrected chi connectivity index (χ4v) is 2.09. The van der Waals surface area contributed by atoms with Crippen molar-refractivity contribution in [1.82, 2.24) is 4.98 Å². The van der Waals surface area contributed by atoms with Crippen molar-refractivity contribution in [3.05, 3.63) is 40.8 Å². The molecule has 8 heteroatoms. The maximum absolute atomic E-state index is 12.8. The molecule has 5 nitrogen and oxygen atoms in total. The molecule has 0 saturated heterocycles. The van der Waals surface area contributed by atoms with Crippen LogP contribution in [-0.2, 0) is 24.1 Å². The summed E-state index contributed by atoms with van der Waals surface area (Å²) < 4.78 is 48.2. The minimum Gasteiger partial charge on any atom is -0.475 e. The van der Waals surface area contributed by atoms with E-state index >= 15 is 0 Å². The van der Waals surface area contributed by atoms with Crippen molar-refractivity contribution in [3.8, 4) is 11.5 Å². The van der Waals surface area contributed by atoms with E-state index in [1.807, 2.05) is 0 Å². The summed E-state index contributed by atoms with van der Waals surface area (Å²) in [6.45, 7) is 0.789. The first-order valence-electron chi connectivity index (χ1n) is 5.87. The summed E-state index contributed by atoms with van der Waals surface area (Å²) in [6, 6.07) is 4.79. The van der Waals surface area contributed by atoms with Crippen LogP contribution in [-0.4, -0.2) is 16.1 Å². The SMILES string of the molecule is O=C(O)c1oc(-c2ccc3c(c2)COC3)nc1C(F)(F)F. The Kier molecular flexibility index (Phi) is 2.98. The smallest absolute Gasteiger partial charge is 0.437 e. The van der Waals surface area contributed by atoms with E-state index in [9.17, 15) is 18.0 Å². The number of aromatic carboxylic acids is 1. The number of fused-ring (bicyclic) bond motifs is 1. The lowest BCUT2D eigenvalue weighted by Gasteiger charge is -2.01. The van der Waals surface area contributed by atoms with Gasteiger partial charge in [0.05, 0.1) is 13.2 Å². The van der Waals surface area contributed by atoms with E-state index in [4.69, 9.17) is 14.3 Å². The number of alkyl halides is 3. The third kappa shape index (κ3) is 2.38. The van der Waals surface area contributed by atoms with Crippen LogP contribution in [0.25, 0.3) is 11.5 Å². The number of hydrogen-bond donors (Lipinski definition) is 1. The number of carboxylic acids is 1. The summed E-state index contributed by atoms with van der Waals surface area (Å²) in [5.41, 5.74) is 0.481. The van der Waals surface area contributed by atoms with Crippen LogP contribution in [0.5, 0.6) is 0 Å². The molecule has 110 valence electrons. The van der Waals surface area contributed by atoms with Gasteiger partial charge in [0.25, 0.3) is 0 Å². The van der Waals surface area contributed by atoms with E-state index in [0.29, 0.717) is 13.2 Å². The predicted molar refractivity (Wildman–Crippen MR) is 62.4 cm³/mol. The molecule has 2 aromatic rings. The van der Waals surface area contributed by atoms with Gasteiger partial charge >= 0.3 is 12.1 Å². The molecule has 0 fully saturated rings. The predicted octanol–water partition coefficient (Wildman–Crippen LogP) is 3.09. The van der Waals surface area contributed by atoms with Crippen LogP contribution < -0.4 is 0 Å². The monoisotopic (exact) mass is 299 g/mol. The second kappa shape index (κ2) is 4.59. The van der Waals surface area contributed by atoms with Gasteiger partial charge in [0, 0.05) is 5.56 Å². The van der Waals surface area contributed by atoms with Crippen LogP contribution in [0.1, 0.15) is 27.4 Å². The van der Waals surface area contributed by atoms with Gasteiger partial charge in [0.15, 0.2) is 5.69 Å². The lowest BCUT2D eigenvalue weighted by Crippen LogP contribution is -2.11. The highest BCUT2D eigenvalue weighted by Gasteiger charge is 2.41. The van der Waals surface area contributed by atoms with Gasteiger partial charge < -0.3 is 14.3 Å². The Bertz CT molecular complexity index is 721. The van der Waals surface area contributed by atoms with Crippen LogP contribution in [0.3, 0.4) is 0 Å². The molecule has 0 amide bonds. The number of aromatic nitrogens is 1. The van der Waals surface area contributed by atoms with Crippen LogP contribution in [0.2, 0.25) is 0 Å². The summed E-state index contributed by atoms with van der Waals surface area (Å²) in [6.07, 6.45) is -4.89. The van der Waals surface area contributed by atoms with E-state index in [1.54, 1.807) is 12.1 Å². The first-order chi connectivity index (χ1) is 9.86. The highest BCUT2D eigenvalue weighted by Crippen LogP contribution is 2.35. The molecule has 1 aliphatic heterocycles. The van der Waals surface area contributed by atoms with Crippen LogP contribution in [0.15, 0.2) is 22.6 Å². The van der Waals surface area contributed by atoms with Crippen molar-refractivity contribution >= 4 is 5.97 Å². The van der Waals surface area contributed by atoms with E-state index in [2.05, 4.69) is 4.98 Å². The Morgan fingerprint density at radius 1 is 1.24 bits per heavy atom. The highest BCUT2D eigenvalue weighted by atomic mass is 19.4. The van der Waals surface area contributed by atoms with Crippen molar-refractivity contribution in [2.24, 2.45) is 0 Å². The Balaban J connectivity index is 2.09. The van der Waals surface area contributed by atoms with Gasteiger partial charge in [-0.05, 0) is 23.3 Å². The lowest BCUT2D eigenvalue weighted by atomic mass is 10.1. The number of hydrogen-bond acceptors (Lipinski definition) is 4. The zero-order chi connectivity index (χ0) is 15.2. The number of nitrogens with zero attached hydrogens (tertiary/aromatic N) is 1. The molecule has 1 aromatic heterocycles. The second-order valence-electron chi connectivity index (χ2n) is 4.48. The quantitative estimate of drug-likeness (QED) is 0.922. The third-order valence-electron chi connectivity index (χ3n) is 3.06. The molecule has 1 aromatic carbocycles. The third-order valence-corrected chi connectivity index (χ3v) is 3.06. The molecule has 21 heavy (non-hydrogen) atoms. The minimum atomic E-state index is -4.89. The van der Waals surface area contributed by atoms with Gasteiger partial charge in [-0.3, -0.25) is 0 Å². The summed E-state index contributed by atoms with van der Waals surface area (Å²) >= 11 is 0. The number of rotatable bonds is 2. The summed E-state index contributed by atoms with van der Waals surface area (Å²) in [5.74, 6) is -3.41. The van der Waals surface area contributed by atoms with E-state index in [-0.39, 0.29) is 11.5 Å².